The fraction of sp³-hybridized carbons (Fsp3) is 0.125. The maximum absolute atomic E-state index is 5.23. The molecular weight excluding hydrogens is 152 g/mol. The Hall–Kier alpha value is -1.89. The molecule has 0 unspecified atom stereocenters. The van der Waals surface area contributed by atoms with Crippen LogP contribution in [0.1, 0.15) is 11.5 Å². The zero-order valence-corrected chi connectivity index (χ0v) is 6.52. The molecule has 2 heterocycles. The van der Waals surface area contributed by atoms with Crippen molar-refractivity contribution in [1.82, 2.24) is 19.6 Å². The minimum Gasteiger partial charge on any atom is -0.283 e. The molecule has 58 valence electrons. The monoisotopic (exact) mass is 158 g/mol. The second-order valence-corrected chi connectivity index (χ2v) is 2.36. The molecule has 2 aromatic heterocycles. The van der Waals surface area contributed by atoms with Crippen molar-refractivity contribution in [2.24, 2.45) is 0 Å². The van der Waals surface area contributed by atoms with Crippen LogP contribution >= 0.6 is 0 Å². The summed E-state index contributed by atoms with van der Waals surface area (Å²) in [4.78, 5) is 3.98. The molecule has 0 N–H and O–H groups in total. The van der Waals surface area contributed by atoms with E-state index < -0.39 is 0 Å². The van der Waals surface area contributed by atoms with Crippen LogP contribution < -0.4 is 0 Å². The van der Waals surface area contributed by atoms with Crippen molar-refractivity contribution in [3.63, 3.8) is 0 Å². The van der Waals surface area contributed by atoms with E-state index in [-0.39, 0.29) is 0 Å². The number of terminal acetylenes is 1. The smallest absolute Gasteiger partial charge is 0.195 e. The third kappa shape index (κ3) is 0.768. The fourth-order valence-electron chi connectivity index (χ4n) is 1.04. The van der Waals surface area contributed by atoms with Gasteiger partial charge in [-0.15, -0.1) is 16.6 Å². The summed E-state index contributed by atoms with van der Waals surface area (Å²) in [7, 11) is 0. The number of fused-ring (bicyclic) bond motifs is 1. The molecule has 0 saturated carbocycles. The largest absolute Gasteiger partial charge is 0.283 e. The molecule has 0 aliphatic heterocycles. The van der Waals surface area contributed by atoms with E-state index in [1.165, 1.54) is 0 Å². The van der Waals surface area contributed by atoms with Gasteiger partial charge in [0.15, 0.2) is 11.3 Å². The van der Waals surface area contributed by atoms with E-state index in [0.717, 1.165) is 5.82 Å². The van der Waals surface area contributed by atoms with Crippen molar-refractivity contribution in [2.45, 2.75) is 6.92 Å². The summed E-state index contributed by atoms with van der Waals surface area (Å²) in [5, 5.41) is 7.78. The Kier molecular flexibility index (Phi) is 1.31. The van der Waals surface area contributed by atoms with Crippen molar-refractivity contribution in [3.05, 3.63) is 23.9 Å². The molecule has 2 rings (SSSR count). The summed E-state index contributed by atoms with van der Waals surface area (Å²) in [6.45, 7) is 1.86. The Morgan fingerprint density at radius 2 is 2.33 bits per heavy atom. The first-order chi connectivity index (χ1) is 5.83. The predicted octanol–water partition coefficient (Wildman–Crippen LogP) is 0.414. The quantitative estimate of drug-likeness (QED) is 0.522. The molecule has 4 nitrogen and oxygen atoms in total. The van der Waals surface area contributed by atoms with E-state index >= 15 is 0 Å². The summed E-state index contributed by atoms with van der Waals surface area (Å²) >= 11 is 0. The van der Waals surface area contributed by atoms with Gasteiger partial charge in [0.25, 0.3) is 0 Å². The van der Waals surface area contributed by atoms with E-state index in [9.17, 15) is 0 Å². The third-order valence-corrected chi connectivity index (χ3v) is 1.63. The molecule has 0 amide bonds. The molecule has 0 spiro atoms. The van der Waals surface area contributed by atoms with E-state index in [2.05, 4.69) is 21.1 Å². The minimum absolute atomic E-state index is 0.526. The first kappa shape index (κ1) is 6.80. The van der Waals surface area contributed by atoms with Gasteiger partial charge in [0.2, 0.25) is 0 Å². The topological polar surface area (TPSA) is 43.1 Å². The van der Waals surface area contributed by atoms with Gasteiger partial charge < -0.3 is 0 Å². The zero-order valence-electron chi connectivity index (χ0n) is 6.52. The average molecular weight is 158 g/mol. The van der Waals surface area contributed by atoms with Crippen LogP contribution in [0.25, 0.3) is 5.65 Å². The zero-order chi connectivity index (χ0) is 8.55. The van der Waals surface area contributed by atoms with Crippen molar-refractivity contribution in [2.75, 3.05) is 0 Å². The summed E-state index contributed by atoms with van der Waals surface area (Å²) in [5.41, 5.74) is 1.16. The van der Waals surface area contributed by atoms with Gasteiger partial charge in [-0.25, -0.2) is 4.98 Å². The molecule has 12 heavy (non-hydrogen) atoms. The van der Waals surface area contributed by atoms with Crippen LogP contribution in [0.15, 0.2) is 12.4 Å². The molecule has 0 aliphatic rings. The van der Waals surface area contributed by atoms with E-state index in [4.69, 9.17) is 6.42 Å². The lowest BCUT2D eigenvalue weighted by Gasteiger charge is -1.93. The number of hydrogen-bond donors (Lipinski definition) is 0. The van der Waals surface area contributed by atoms with Crippen LogP contribution in [-0.2, 0) is 0 Å². The van der Waals surface area contributed by atoms with Crippen molar-refractivity contribution >= 4 is 5.65 Å². The Labute approximate surface area is 69.3 Å². The Balaban J connectivity index is 2.92. The van der Waals surface area contributed by atoms with Crippen molar-refractivity contribution in [1.29, 1.82) is 0 Å². The normalized spacial score (nSPS) is 10.0. The maximum atomic E-state index is 5.23. The maximum Gasteiger partial charge on any atom is 0.195 e. The summed E-state index contributed by atoms with van der Waals surface area (Å²) < 4.78 is 1.81. The van der Waals surface area contributed by atoms with Gasteiger partial charge in [-0.2, -0.15) is 0 Å². The first-order valence-corrected chi connectivity index (χ1v) is 3.46. The van der Waals surface area contributed by atoms with Crippen LogP contribution in [0, 0.1) is 19.3 Å². The van der Waals surface area contributed by atoms with Crippen LogP contribution in [0.2, 0.25) is 0 Å². The van der Waals surface area contributed by atoms with Gasteiger partial charge in [-0.3, -0.25) is 4.40 Å². The lowest BCUT2D eigenvalue weighted by Crippen LogP contribution is -1.92. The number of aromatic nitrogens is 4. The van der Waals surface area contributed by atoms with Crippen LogP contribution in [-0.4, -0.2) is 19.6 Å². The SMILES string of the molecule is C#Cc1nccn2c(C)nnc12. The van der Waals surface area contributed by atoms with Crippen LogP contribution in [0.3, 0.4) is 0 Å². The van der Waals surface area contributed by atoms with Gasteiger partial charge in [0, 0.05) is 12.4 Å². The Morgan fingerprint density at radius 3 is 3.08 bits per heavy atom. The summed E-state index contributed by atoms with van der Waals surface area (Å²) in [6, 6.07) is 0. The highest BCUT2D eigenvalue weighted by Crippen LogP contribution is 2.04. The van der Waals surface area contributed by atoms with Gasteiger partial charge in [-0.1, -0.05) is 0 Å². The average Bonchev–Trinajstić information content (AvgIpc) is 2.48. The van der Waals surface area contributed by atoms with Crippen LogP contribution in [0.5, 0.6) is 0 Å². The van der Waals surface area contributed by atoms with Gasteiger partial charge in [0.05, 0.1) is 0 Å². The predicted molar refractivity (Wildman–Crippen MR) is 43.5 cm³/mol. The molecular formula is C8H6N4. The van der Waals surface area contributed by atoms with Crippen molar-refractivity contribution < 1.29 is 0 Å². The molecule has 4 heteroatoms. The lowest BCUT2D eigenvalue weighted by molar-refractivity contribution is 1.00. The molecule has 0 atom stereocenters. The minimum atomic E-state index is 0.526. The Morgan fingerprint density at radius 1 is 1.50 bits per heavy atom. The highest BCUT2D eigenvalue weighted by atomic mass is 15.2. The number of aryl methyl sites for hydroxylation is 1. The molecule has 0 bridgehead atoms. The number of nitrogens with zero attached hydrogens (tertiary/aromatic N) is 4. The number of hydrogen-bond acceptors (Lipinski definition) is 3. The second kappa shape index (κ2) is 2.31. The second-order valence-electron chi connectivity index (χ2n) is 2.36. The molecule has 0 aliphatic carbocycles. The molecule has 2 aromatic rings. The van der Waals surface area contributed by atoms with Crippen LogP contribution in [0.4, 0.5) is 0 Å². The fourth-order valence-corrected chi connectivity index (χ4v) is 1.04. The van der Waals surface area contributed by atoms with Gasteiger partial charge >= 0.3 is 0 Å². The van der Waals surface area contributed by atoms with Gasteiger partial charge in [-0.05, 0) is 12.8 Å². The lowest BCUT2D eigenvalue weighted by atomic mass is 10.4. The van der Waals surface area contributed by atoms with Crippen molar-refractivity contribution in [3.8, 4) is 12.3 Å². The highest BCUT2D eigenvalue weighted by molar-refractivity contribution is 5.51. The van der Waals surface area contributed by atoms with Gasteiger partial charge in [0.1, 0.15) is 5.82 Å². The standard InChI is InChI=1S/C8H6N4/c1-3-7-8-11-10-6(2)12(8)5-4-9-7/h1,4-5H,2H3. The summed E-state index contributed by atoms with van der Waals surface area (Å²) in [5.74, 6) is 3.26. The molecule has 0 saturated heterocycles. The van der Waals surface area contributed by atoms with E-state index in [1.54, 1.807) is 12.4 Å². The summed E-state index contributed by atoms with van der Waals surface area (Å²) in [6.07, 6.45) is 8.65. The molecule has 0 aromatic carbocycles. The van der Waals surface area contributed by atoms with E-state index in [1.807, 2.05) is 11.3 Å². The third-order valence-electron chi connectivity index (χ3n) is 1.63. The first-order valence-electron chi connectivity index (χ1n) is 3.46. The highest BCUT2D eigenvalue weighted by Gasteiger charge is 2.03. The van der Waals surface area contributed by atoms with E-state index in [0.29, 0.717) is 11.3 Å². The Bertz CT molecular complexity index is 463. The molecule has 0 fully saturated rings. The number of rotatable bonds is 0. The molecule has 0 radical (unpaired) electrons.